The molecule has 0 aromatic carbocycles. The first-order valence-corrected chi connectivity index (χ1v) is 6.07. The van der Waals surface area contributed by atoms with Gasteiger partial charge in [-0.25, -0.2) is 4.98 Å². The lowest BCUT2D eigenvalue weighted by Gasteiger charge is -2.08. The Balaban J connectivity index is 1.83. The second-order valence-corrected chi connectivity index (χ2v) is 4.41. The lowest BCUT2D eigenvalue weighted by atomic mass is 10.2. The fourth-order valence-corrected chi connectivity index (χ4v) is 1.46. The van der Waals surface area contributed by atoms with Gasteiger partial charge in [-0.1, -0.05) is 19.9 Å². The Bertz CT molecular complexity index is 449. The lowest BCUT2D eigenvalue weighted by molar-refractivity contribution is 0.260. The van der Waals surface area contributed by atoms with E-state index in [0.29, 0.717) is 18.5 Å². The number of nitrogens with zero attached hydrogens (tertiary/aromatic N) is 1. The molecule has 2 heterocycles. The van der Waals surface area contributed by atoms with E-state index in [2.05, 4.69) is 24.1 Å². The summed E-state index contributed by atoms with van der Waals surface area (Å²) in [6.45, 7) is 5.47. The van der Waals surface area contributed by atoms with E-state index in [9.17, 15) is 0 Å². The minimum absolute atomic E-state index is 0.406. The summed E-state index contributed by atoms with van der Waals surface area (Å²) in [6, 6.07) is 8.08. The van der Waals surface area contributed by atoms with Crippen molar-refractivity contribution in [1.29, 1.82) is 0 Å². The van der Waals surface area contributed by atoms with E-state index in [4.69, 9.17) is 9.15 Å². The van der Waals surface area contributed by atoms with E-state index in [-0.39, 0.29) is 0 Å². The molecule has 0 spiro atoms. The smallest absolute Gasteiger partial charge is 0.213 e. The summed E-state index contributed by atoms with van der Waals surface area (Å²) in [5, 5.41) is 3.34. The predicted octanol–water partition coefficient (Wildman–Crippen LogP) is 2.75. The van der Waals surface area contributed by atoms with Crippen LogP contribution < -0.4 is 10.1 Å². The highest BCUT2D eigenvalue weighted by Gasteiger charge is 2.00. The third kappa shape index (κ3) is 3.89. The molecule has 4 nitrogen and oxygen atoms in total. The summed E-state index contributed by atoms with van der Waals surface area (Å²) in [6.07, 6.45) is 3.46. The van der Waals surface area contributed by atoms with Gasteiger partial charge in [0, 0.05) is 24.8 Å². The van der Waals surface area contributed by atoms with Gasteiger partial charge in [0.1, 0.15) is 12.4 Å². The fraction of sp³-hybridized carbons (Fsp3) is 0.357. The summed E-state index contributed by atoms with van der Waals surface area (Å²) < 4.78 is 10.7. The first-order chi connectivity index (χ1) is 8.74. The zero-order chi connectivity index (χ0) is 12.8. The van der Waals surface area contributed by atoms with Gasteiger partial charge in [0.25, 0.3) is 0 Å². The molecule has 18 heavy (non-hydrogen) atoms. The molecule has 0 unspecified atom stereocenters. The van der Waals surface area contributed by atoms with Crippen molar-refractivity contribution in [3.8, 4) is 5.88 Å². The van der Waals surface area contributed by atoms with Crippen molar-refractivity contribution in [2.45, 2.75) is 33.0 Å². The predicted molar refractivity (Wildman–Crippen MR) is 69.3 cm³/mol. The number of ether oxygens (including phenoxy) is 1. The van der Waals surface area contributed by atoms with Gasteiger partial charge in [-0.05, 0) is 17.7 Å². The van der Waals surface area contributed by atoms with Crippen LogP contribution in [0, 0.1) is 0 Å². The van der Waals surface area contributed by atoms with Crippen LogP contribution in [0.15, 0.2) is 41.1 Å². The maximum atomic E-state index is 5.51. The molecule has 1 N–H and O–H groups in total. The molecule has 2 aromatic heterocycles. The topological polar surface area (TPSA) is 47.3 Å². The largest absolute Gasteiger partial charge is 0.469 e. The molecule has 0 amide bonds. The number of hydrogen-bond acceptors (Lipinski definition) is 4. The Morgan fingerprint density at radius 1 is 1.33 bits per heavy atom. The molecule has 2 aromatic rings. The standard InChI is InChI=1S/C14H18N2O2/c1-11(2)15-8-12-5-6-14(16-9-12)18-10-13-4-3-7-17-13/h3-7,9,11,15H,8,10H2,1-2H3. The van der Waals surface area contributed by atoms with Crippen molar-refractivity contribution in [2.24, 2.45) is 0 Å². The first-order valence-electron chi connectivity index (χ1n) is 6.07. The minimum atomic E-state index is 0.406. The summed E-state index contributed by atoms with van der Waals surface area (Å²) >= 11 is 0. The SMILES string of the molecule is CC(C)NCc1ccc(OCc2ccco2)nc1. The lowest BCUT2D eigenvalue weighted by Crippen LogP contribution is -2.21. The van der Waals surface area contributed by atoms with Crippen LogP contribution in [-0.4, -0.2) is 11.0 Å². The highest BCUT2D eigenvalue weighted by Crippen LogP contribution is 2.10. The van der Waals surface area contributed by atoms with Crippen LogP contribution in [-0.2, 0) is 13.2 Å². The number of hydrogen-bond donors (Lipinski definition) is 1. The average Bonchev–Trinajstić information content (AvgIpc) is 2.88. The first kappa shape index (κ1) is 12.6. The molecule has 0 saturated carbocycles. The van der Waals surface area contributed by atoms with E-state index in [1.165, 1.54) is 0 Å². The monoisotopic (exact) mass is 246 g/mol. The zero-order valence-corrected chi connectivity index (χ0v) is 10.7. The molecular formula is C14H18N2O2. The molecule has 0 fully saturated rings. The van der Waals surface area contributed by atoms with Crippen molar-refractivity contribution in [3.05, 3.63) is 48.0 Å². The molecule has 2 rings (SSSR count). The normalized spacial score (nSPS) is 10.8. The zero-order valence-electron chi connectivity index (χ0n) is 10.7. The second kappa shape index (κ2) is 6.21. The Hall–Kier alpha value is -1.81. The highest BCUT2D eigenvalue weighted by atomic mass is 16.5. The van der Waals surface area contributed by atoms with E-state index < -0.39 is 0 Å². The third-order valence-corrected chi connectivity index (χ3v) is 2.45. The molecule has 0 aliphatic heterocycles. The van der Waals surface area contributed by atoms with Crippen LogP contribution in [0.2, 0.25) is 0 Å². The molecule has 0 atom stereocenters. The molecule has 4 heteroatoms. The van der Waals surface area contributed by atoms with Gasteiger partial charge in [0.2, 0.25) is 5.88 Å². The maximum absolute atomic E-state index is 5.51. The number of rotatable bonds is 6. The quantitative estimate of drug-likeness (QED) is 0.851. The van der Waals surface area contributed by atoms with Crippen LogP contribution in [0.25, 0.3) is 0 Å². The molecule has 0 saturated heterocycles. The summed E-state index contributed by atoms with van der Waals surface area (Å²) in [5.41, 5.74) is 1.15. The minimum Gasteiger partial charge on any atom is -0.469 e. The van der Waals surface area contributed by atoms with Crippen LogP contribution in [0.4, 0.5) is 0 Å². The molecule has 96 valence electrons. The van der Waals surface area contributed by atoms with Gasteiger partial charge in [-0.2, -0.15) is 0 Å². The number of aromatic nitrogens is 1. The Morgan fingerprint density at radius 2 is 2.22 bits per heavy atom. The molecule has 0 radical (unpaired) electrons. The van der Waals surface area contributed by atoms with Gasteiger partial charge in [-0.15, -0.1) is 0 Å². The van der Waals surface area contributed by atoms with Gasteiger partial charge >= 0.3 is 0 Å². The van der Waals surface area contributed by atoms with E-state index in [1.807, 2.05) is 30.5 Å². The Labute approximate surface area is 107 Å². The Morgan fingerprint density at radius 3 is 2.83 bits per heavy atom. The number of nitrogens with one attached hydrogen (secondary N) is 1. The summed E-state index contributed by atoms with van der Waals surface area (Å²) in [5.74, 6) is 1.40. The van der Waals surface area contributed by atoms with Crippen LogP contribution >= 0.6 is 0 Å². The highest BCUT2D eigenvalue weighted by molar-refractivity contribution is 5.18. The maximum Gasteiger partial charge on any atom is 0.213 e. The Kier molecular flexibility index (Phi) is 4.36. The van der Waals surface area contributed by atoms with Crippen molar-refractivity contribution < 1.29 is 9.15 Å². The van der Waals surface area contributed by atoms with Crippen molar-refractivity contribution in [1.82, 2.24) is 10.3 Å². The number of pyridine rings is 1. The van der Waals surface area contributed by atoms with Crippen molar-refractivity contribution in [3.63, 3.8) is 0 Å². The van der Waals surface area contributed by atoms with E-state index >= 15 is 0 Å². The van der Waals surface area contributed by atoms with E-state index in [1.54, 1.807) is 6.26 Å². The summed E-state index contributed by atoms with van der Waals surface area (Å²) in [7, 11) is 0. The molecule has 0 bridgehead atoms. The summed E-state index contributed by atoms with van der Waals surface area (Å²) in [4.78, 5) is 4.25. The van der Waals surface area contributed by atoms with E-state index in [0.717, 1.165) is 17.9 Å². The fourth-order valence-electron chi connectivity index (χ4n) is 1.46. The van der Waals surface area contributed by atoms with Crippen LogP contribution in [0.1, 0.15) is 25.2 Å². The van der Waals surface area contributed by atoms with Crippen molar-refractivity contribution in [2.75, 3.05) is 0 Å². The van der Waals surface area contributed by atoms with Gasteiger partial charge in [0.05, 0.1) is 6.26 Å². The third-order valence-electron chi connectivity index (χ3n) is 2.45. The number of furan rings is 1. The second-order valence-electron chi connectivity index (χ2n) is 4.41. The van der Waals surface area contributed by atoms with Gasteiger partial charge in [0.15, 0.2) is 0 Å². The average molecular weight is 246 g/mol. The molecule has 0 aliphatic carbocycles. The van der Waals surface area contributed by atoms with Crippen LogP contribution in [0.3, 0.4) is 0 Å². The van der Waals surface area contributed by atoms with Crippen molar-refractivity contribution >= 4 is 0 Å². The van der Waals surface area contributed by atoms with Gasteiger partial charge < -0.3 is 14.5 Å². The molecular weight excluding hydrogens is 228 g/mol. The van der Waals surface area contributed by atoms with Gasteiger partial charge in [-0.3, -0.25) is 0 Å². The van der Waals surface area contributed by atoms with Crippen LogP contribution in [0.5, 0.6) is 5.88 Å². The molecule has 0 aliphatic rings.